The quantitative estimate of drug-likeness (QED) is 0.391. The standard InChI is InChI=1S/C24H32N4O6S/c1-6-21(23(30)25-24(2,3)4)26(16-18-11-8-7-9-12-18)22(29)17-27(35(5,33)34)19-13-10-14-20(15-19)28(31)32/h7-15,21H,6,16-17H2,1-5H3,(H,25,30)/t21-/m1/s1. The maximum atomic E-state index is 13.6. The molecule has 1 atom stereocenters. The van der Waals surface area contributed by atoms with Gasteiger partial charge in [-0.15, -0.1) is 0 Å². The van der Waals surface area contributed by atoms with Gasteiger partial charge in [-0.2, -0.15) is 0 Å². The van der Waals surface area contributed by atoms with Crippen molar-refractivity contribution >= 4 is 33.2 Å². The van der Waals surface area contributed by atoms with Crippen LogP contribution in [-0.2, 0) is 26.2 Å². The number of nitro benzene ring substituents is 1. The van der Waals surface area contributed by atoms with Crippen molar-refractivity contribution in [3.8, 4) is 0 Å². The van der Waals surface area contributed by atoms with Gasteiger partial charge in [0.2, 0.25) is 21.8 Å². The van der Waals surface area contributed by atoms with Crippen LogP contribution in [0.15, 0.2) is 54.6 Å². The molecule has 2 aromatic carbocycles. The molecule has 0 aliphatic carbocycles. The van der Waals surface area contributed by atoms with Crippen LogP contribution < -0.4 is 9.62 Å². The Morgan fingerprint density at radius 2 is 1.71 bits per heavy atom. The van der Waals surface area contributed by atoms with E-state index in [9.17, 15) is 28.1 Å². The van der Waals surface area contributed by atoms with Crippen LogP contribution in [0.4, 0.5) is 11.4 Å². The van der Waals surface area contributed by atoms with Crippen LogP contribution in [0.2, 0.25) is 0 Å². The molecule has 0 fully saturated rings. The number of hydrogen-bond donors (Lipinski definition) is 1. The molecule has 2 rings (SSSR count). The van der Waals surface area contributed by atoms with E-state index in [4.69, 9.17) is 0 Å². The van der Waals surface area contributed by atoms with Crippen LogP contribution in [0.25, 0.3) is 0 Å². The second-order valence-electron chi connectivity index (χ2n) is 9.22. The number of rotatable bonds is 10. The van der Waals surface area contributed by atoms with Gasteiger partial charge in [0.15, 0.2) is 0 Å². The summed E-state index contributed by atoms with van der Waals surface area (Å²) in [7, 11) is -3.98. The fraction of sp³-hybridized carbons (Fsp3) is 0.417. The first kappa shape index (κ1) is 27.8. The highest BCUT2D eigenvalue weighted by molar-refractivity contribution is 7.92. The van der Waals surface area contributed by atoms with Gasteiger partial charge in [-0.1, -0.05) is 43.3 Å². The fourth-order valence-electron chi connectivity index (χ4n) is 3.53. The smallest absolute Gasteiger partial charge is 0.271 e. The third kappa shape index (κ3) is 8.06. The number of non-ortho nitro benzene ring substituents is 1. The van der Waals surface area contributed by atoms with Gasteiger partial charge in [0, 0.05) is 24.2 Å². The molecule has 11 heteroatoms. The van der Waals surface area contributed by atoms with Gasteiger partial charge in [0.1, 0.15) is 12.6 Å². The molecule has 0 radical (unpaired) electrons. The normalized spacial score (nSPS) is 12.5. The summed E-state index contributed by atoms with van der Waals surface area (Å²) in [6, 6.07) is 13.3. The lowest BCUT2D eigenvalue weighted by atomic mass is 10.1. The van der Waals surface area contributed by atoms with Gasteiger partial charge in [-0.3, -0.25) is 24.0 Å². The monoisotopic (exact) mass is 504 g/mol. The molecular formula is C24H32N4O6S. The Morgan fingerprint density at radius 3 is 2.23 bits per heavy atom. The van der Waals surface area contributed by atoms with Crippen LogP contribution in [0.5, 0.6) is 0 Å². The number of amides is 2. The van der Waals surface area contributed by atoms with Crippen LogP contribution >= 0.6 is 0 Å². The third-order valence-electron chi connectivity index (χ3n) is 5.09. The first-order valence-corrected chi connectivity index (χ1v) is 13.0. The molecule has 2 amide bonds. The Balaban J connectivity index is 2.47. The van der Waals surface area contributed by atoms with Gasteiger partial charge >= 0.3 is 0 Å². The van der Waals surface area contributed by atoms with E-state index >= 15 is 0 Å². The molecule has 0 saturated heterocycles. The average molecular weight is 505 g/mol. The van der Waals surface area contributed by atoms with Crippen molar-refractivity contribution in [2.24, 2.45) is 0 Å². The van der Waals surface area contributed by atoms with E-state index in [1.165, 1.54) is 23.1 Å². The first-order chi connectivity index (χ1) is 16.2. The molecular weight excluding hydrogens is 472 g/mol. The SMILES string of the molecule is CC[C@H](C(=O)NC(C)(C)C)N(Cc1ccccc1)C(=O)CN(c1cccc([N+](=O)[O-])c1)S(C)(=O)=O. The summed E-state index contributed by atoms with van der Waals surface area (Å²) in [5, 5.41) is 14.1. The molecule has 0 aliphatic heterocycles. The van der Waals surface area contributed by atoms with Crippen LogP contribution in [0, 0.1) is 10.1 Å². The van der Waals surface area contributed by atoms with E-state index in [0.717, 1.165) is 22.2 Å². The summed E-state index contributed by atoms with van der Waals surface area (Å²) in [4.78, 5) is 38.6. The third-order valence-corrected chi connectivity index (χ3v) is 6.23. The Morgan fingerprint density at radius 1 is 1.09 bits per heavy atom. The zero-order valence-corrected chi connectivity index (χ0v) is 21.4. The number of nitro groups is 1. The van der Waals surface area contributed by atoms with Crippen molar-refractivity contribution in [3.63, 3.8) is 0 Å². The number of nitrogens with one attached hydrogen (secondary N) is 1. The first-order valence-electron chi connectivity index (χ1n) is 11.1. The molecule has 1 N–H and O–H groups in total. The molecule has 2 aromatic rings. The summed E-state index contributed by atoms with van der Waals surface area (Å²) in [5.74, 6) is -0.966. The number of benzene rings is 2. The molecule has 35 heavy (non-hydrogen) atoms. The van der Waals surface area contributed by atoms with Gasteiger partial charge in [-0.25, -0.2) is 8.42 Å². The Hall–Kier alpha value is -3.47. The van der Waals surface area contributed by atoms with Gasteiger partial charge in [0.25, 0.3) is 5.69 Å². The number of anilines is 1. The predicted octanol–water partition coefficient (Wildman–Crippen LogP) is 3.08. The number of carbonyl (C=O) groups is 2. The lowest BCUT2D eigenvalue weighted by molar-refractivity contribution is -0.384. The number of nitrogens with zero attached hydrogens (tertiary/aromatic N) is 3. The lowest BCUT2D eigenvalue weighted by Gasteiger charge is -2.34. The van der Waals surface area contributed by atoms with Gasteiger partial charge < -0.3 is 10.2 Å². The van der Waals surface area contributed by atoms with E-state index in [1.54, 1.807) is 19.1 Å². The molecule has 0 bridgehead atoms. The zero-order valence-electron chi connectivity index (χ0n) is 20.6. The van der Waals surface area contributed by atoms with Crippen LogP contribution in [-0.4, -0.2) is 54.4 Å². The van der Waals surface area contributed by atoms with Crippen molar-refractivity contribution in [1.29, 1.82) is 0 Å². The maximum absolute atomic E-state index is 13.6. The fourth-order valence-corrected chi connectivity index (χ4v) is 4.37. The molecule has 190 valence electrons. The number of hydrogen-bond acceptors (Lipinski definition) is 6. The summed E-state index contributed by atoms with van der Waals surface area (Å²) < 4.78 is 26.0. The van der Waals surface area contributed by atoms with E-state index in [0.29, 0.717) is 6.42 Å². The van der Waals surface area contributed by atoms with Gasteiger partial charge in [0.05, 0.1) is 16.9 Å². The second-order valence-corrected chi connectivity index (χ2v) is 11.1. The Bertz CT molecular complexity index is 1160. The molecule has 0 aliphatic rings. The topological polar surface area (TPSA) is 130 Å². The minimum Gasteiger partial charge on any atom is -0.350 e. The average Bonchev–Trinajstić information content (AvgIpc) is 2.76. The number of carbonyl (C=O) groups excluding carboxylic acids is 2. The van der Waals surface area contributed by atoms with Crippen LogP contribution in [0.1, 0.15) is 39.7 Å². The highest BCUT2D eigenvalue weighted by Crippen LogP contribution is 2.24. The Kier molecular flexibility index (Phi) is 8.97. The summed E-state index contributed by atoms with van der Waals surface area (Å²) >= 11 is 0. The minimum absolute atomic E-state index is 0.0121. The molecule has 0 saturated carbocycles. The summed E-state index contributed by atoms with van der Waals surface area (Å²) in [6.07, 6.45) is 1.22. The van der Waals surface area contributed by atoms with Crippen LogP contribution in [0.3, 0.4) is 0 Å². The molecule has 10 nitrogen and oxygen atoms in total. The second kappa shape index (κ2) is 11.3. The minimum atomic E-state index is -3.98. The maximum Gasteiger partial charge on any atom is 0.271 e. The van der Waals surface area contributed by atoms with E-state index < -0.39 is 39.0 Å². The van der Waals surface area contributed by atoms with Gasteiger partial charge in [-0.05, 0) is 38.8 Å². The summed E-state index contributed by atoms with van der Waals surface area (Å²) in [5.41, 5.74) is -0.0833. The molecule has 0 heterocycles. The van der Waals surface area contributed by atoms with Crippen molar-refractivity contribution in [1.82, 2.24) is 10.2 Å². The lowest BCUT2D eigenvalue weighted by Crippen LogP contribution is -2.55. The largest absolute Gasteiger partial charge is 0.350 e. The van der Waals surface area contributed by atoms with Crippen molar-refractivity contribution in [3.05, 3.63) is 70.3 Å². The number of sulfonamides is 1. The highest BCUT2D eigenvalue weighted by Gasteiger charge is 2.33. The van der Waals surface area contributed by atoms with E-state index in [2.05, 4.69) is 5.32 Å². The van der Waals surface area contributed by atoms with Crippen molar-refractivity contribution < 1.29 is 22.9 Å². The predicted molar refractivity (Wildman–Crippen MR) is 134 cm³/mol. The summed E-state index contributed by atoms with van der Waals surface area (Å²) in [6.45, 7) is 6.72. The van der Waals surface area contributed by atoms with E-state index in [1.807, 2.05) is 39.0 Å². The Labute approximate surface area is 206 Å². The van der Waals surface area contributed by atoms with E-state index in [-0.39, 0.29) is 23.8 Å². The van der Waals surface area contributed by atoms with Crippen molar-refractivity contribution in [2.75, 3.05) is 17.1 Å². The molecule has 0 aromatic heterocycles. The molecule has 0 unspecified atom stereocenters. The zero-order chi connectivity index (χ0) is 26.4. The molecule has 0 spiro atoms. The highest BCUT2D eigenvalue weighted by atomic mass is 32.2. The van der Waals surface area contributed by atoms with Crippen molar-refractivity contribution in [2.45, 2.75) is 52.2 Å².